The third-order valence-electron chi connectivity index (χ3n) is 7.51. The molecule has 1 aliphatic carbocycles. The highest BCUT2D eigenvalue weighted by atomic mass is 32.2. The van der Waals surface area contributed by atoms with Crippen molar-refractivity contribution in [3.05, 3.63) is 59.2 Å². The lowest BCUT2D eigenvalue weighted by Gasteiger charge is -2.27. The zero-order valence-corrected chi connectivity index (χ0v) is 23.3. The molecule has 0 aromatic heterocycles. The number of hydrogen-bond acceptors (Lipinski definition) is 6. The van der Waals surface area contributed by atoms with Crippen molar-refractivity contribution < 1.29 is 24.3 Å². The molecule has 1 aliphatic heterocycles. The van der Waals surface area contributed by atoms with Crippen molar-refractivity contribution in [3.8, 4) is 11.1 Å². The molecule has 8 heteroatoms. The Morgan fingerprint density at radius 3 is 2.66 bits per heavy atom. The molecule has 2 unspecified atom stereocenters. The van der Waals surface area contributed by atoms with E-state index in [0.29, 0.717) is 43.6 Å². The second-order valence-electron chi connectivity index (χ2n) is 10.3. The van der Waals surface area contributed by atoms with Crippen LogP contribution in [0.15, 0.2) is 42.5 Å². The Morgan fingerprint density at radius 1 is 1.13 bits per heavy atom. The second kappa shape index (κ2) is 14.1. The summed E-state index contributed by atoms with van der Waals surface area (Å²) in [5.41, 5.74) is 4.29. The van der Waals surface area contributed by atoms with Gasteiger partial charge in [-0.15, -0.1) is 0 Å². The lowest BCUT2D eigenvalue weighted by molar-refractivity contribution is -0.154. The number of amides is 1. The van der Waals surface area contributed by atoms with E-state index in [1.54, 1.807) is 11.8 Å². The molecule has 1 saturated carbocycles. The average Bonchev–Trinajstić information content (AvgIpc) is 3.37. The third-order valence-corrected chi connectivity index (χ3v) is 8.15. The second-order valence-corrected chi connectivity index (χ2v) is 11.3. The summed E-state index contributed by atoms with van der Waals surface area (Å²) < 4.78 is 6.25. The number of hydrogen-bond donors (Lipinski definition) is 2. The molecule has 7 nitrogen and oxygen atoms in total. The van der Waals surface area contributed by atoms with E-state index in [1.807, 2.05) is 60.7 Å². The van der Waals surface area contributed by atoms with Crippen LogP contribution in [0.4, 0.5) is 0 Å². The number of nitrogens with zero attached hydrogens (tertiary/aromatic N) is 1. The Labute approximate surface area is 230 Å². The predicted molar refractivity (Wildman–Crippen MR) is 151 cm³/mol. The first-order chi connectivity index (χ1) is 18.5. The van der Waals surface area contributed by atoms with Gasteiger partial charge in [0.05, 0.1) is 25.4 Å². The molecule has 2 atom stereocenters. The van der Waals surface area contributed by atoms with Crippen LogP contribution in [0.1, 0.15) is 66.4 Å². The lowest BCUT2D eigenvalue weighted by Crippen LogP contribution is -2.41. The summed E-state index contributed by atoms with van der Waals surface area (Å²) in [6.07, 6.45) is 9.71. The highest BCUT2D eigenvalue weighted by molar-refractivity contribution is 7.98. The Hall–Kier alpha value is -2.39. The number of aryl methyl sites for hydroxylation is 1. The normalized spacial score (nSPS) is 19.4. The zero-order valence-electron chi connectivity index (χ0n) is 22.5. The summed E-state index contributed by atoms with van der Waals surface area (Å²) in [6, 6.07) is 13.0. The minimum Gasteiger partial charge on any atom is -0.480 e. The number of ether oxygens (including phenoxy) is 1. The van der Waals surface area contributed by atoms with E-state index in [1.165, 1.54) is 19.3 Å². The maximum absolute atomic E-state index is 13.3. The van der Waals surface area contributed by atoms with E-state index in [-0.39, 0.29) is 11.9 Å². The van der Waals surface area contributed by atoms with Gasteiger partial charge in [-0.2, -0.15) is 16.8 Å². The van der Waals surface area contributed by atoms with Gasteiger partial charge >= 0.3 is 5.97 Å². The number of aliphatic carboxylic acids is 1. The average molecular weight is 541 g/mol. The monoisotopic (exact) mass is 540 g/mol. The Morgan fingerprint density at radius 2 is 1.92 bits per heavy atom. The van der Waals surface area contributed by atoms with Crippen LogP contribution in [0.2, 0.25) is 0 Å². The van der Waals surface area contributed by atoms with Crippen molar-refractivity contribution in [3.63, 3.8) is 0 Å². The summed E-state index contributed by atoms with van der Waals surface area (Å²) in [5, 5.41) is 14.4. The summed E-state index contributed by atoms with van der Waals surface area (Å²) >= 11 is 1.56. The van der Waals surface area contributed by atoms with Crippen molar-refractivity contribution in [2.24, 2.45) is 0 Å². The van der Waals surface area contributed by atoms with Gasteiger partial charge in [0, 0.05) is 12.1 Å². The van der Waals surface area contributed by atoms with E-state index in [9.17, 15) is 14.7 Å². The Balaban J connectivity index is 1.53. The molecule has 1 heterocycles. The fourth-order valence-corrected chi connectivity index (χ4v) is 5.74. The van der Waals surface area contributed by atoms with Gasteiger partial charge in [-0.05, 0) is 79.0 Å². The van der Waals surface area contributed by atoms with E-state index in [4.69, 9.17) is 9.57 Å². The SMILES string of the molecule is CSCCC(NC(=O)c1ccc(CN2OCCC2COC2CCCCC2)cc1-c1ccccc1C)C(=O)O. The summed E-state index contributed by atoms with van der Waals surface area (Å²) in [4.78, 5) is 31.1. The fraction of sp³-hybridized carbons (Fsp3) is 0.533. The quantitative estimate of drug-likeness (QED) is 0.370. The number of carbonyl (C=O) groups excluding carboxylic acids is 1. The summed E-state index contributed by atoms with van der Waals surface area (Å²) in [6.45, 7) is 3.95. The van der Waals surface area contributed by atoms with E-state index >= 15 is 0 Å². The largest absolute Gasteiger partial charge is 0.480 e. The van der Waals surface area contributed by atoms with Crippen LogP contribution in [0, 0.1) is 6.92 Å². The van der Waals surface area contributed by atoms with Crippen molar-refractivity contribution in [1.82, 2.24) is 10.4 Å². The Bertz CT molecular complexity index is 1090. The van der Waals surface area contributed by atoms with E-state index < -0.39 is 12.0 Å². The van der Waals surface area contributed by atoms with Crippen LogP contribution in [0.3, 0.4) is 0 Å². The molecular formula is C30H40N2O5S. The number of nitrogens with one attached hydrogen (secondary N) is 1. The van der Waals surface area contributed by atoms with Gasteiger partial charge in [0.1, 0.15) is 6.04 Å². The third kappa shape index (κ3) is 7.59. The molecule has 206 valence electrons. The number of thioether (sulfide) groups is 1. The van der Waals surface area contributed by atoms with E-state index in [0.717, 1.165) is 41.5 Å². The van der Waals surface area contributed by atoms with Crippen LogP contribution >= 0.6 is 11.8 Å². The molecule has 4 rings (SSSR count). The first kappa shape index (κ1) is 28.6. The molecule has 0 radical (unpaired) electrons. The molecule has 0 bridgehead atoms. The molecular weight excluding hydrogens is 500 g/mol. The topological polar surface area (TPSA) is 88.1 Å². The van der Waals surface area contributed by atoms with Gasteiger partial charge in [-0.1, -0.05) is 49.6 Å². The molecule has 2 aromatic rings. The van der Waals surface area contributed by atoms with Crippen molar-refractivity contribution in [2.75, 3.05) is 25.2 Å². The highest BCUT2D eigenvalue weighted by Crippen LogP contribution is 2.30. The van der Waals surface area contributed by atoms with Crippen molar-refractivity contribution in [1.29, 1.82) is 0 Å². The van der Waals surface area contributed by atoms with Crippen LogP contribution in [-0.4, -0.2) is 65.5 Å². The number of carbonyl (C=O) groups is 2. The van der Waals surface area contributed by atoms with Crippen LogP contribution < -0.4 is 5.32 Å². The summed E-state index contributed by atoms with van der Waals surface area (Å²) in [7, 11) is 0. The number of carboxylic acid groups (broad SMARTS) is 1. The maximum atomic E-state index is 13.3. The first-order valence-corrected chi connectivity index (χ1v) is 15.1. The summed E-state index contributed by atoms with van der Waals surface area (Å²) in [5.74, 6) is -0.740. The predicted octanol–water partition coefficient (Wildman–Crippen LogP) is 5.45. The lowest BCUT2D eigenvalue weighted by atomic mass is 9.93. The zero-order chi connectivity index (χ0) is 26.9. The standard InChI is InChI=1S/C30H40N2O5S/c1-21-8-6-7-11-25(21)27-18-22(12-13-26(27)29(33)31-28(30(34)35)15-17-38-2)19-32-23(14-16-37-32)20-36-24-9-4-3-5-10-24/h6-8,11-13,18,23-24,28H,3-5,9-10,14-17,19-20H2,1-2H3,(H,31,33)(H,34,35). The number of rotatable bonds is 12. The van der Waals surface area contributed by atoms with Gasteiger partial charge in [-0.3, -0.25) is 9.63 Å². The minimum absolute atomic E-state index is 0.203. The fourth-order valence-electron chi connectivity index (χ4n) is 5.27. The molecule has 2 N–H and O–H groups in total. The molecule has 0 spiro atoms. The van der Waals surface area contributed by atoms with Gasteiger partial charge in [0.15, 0.2) is 0 Å². The van der Waals surface area contributed by atoms with Crippen molar-refractivity contribution in [2.45, 2.75) is 76.6 Å². The molecule has 1 amide bonds. The number of benzene rings is 2. The highest BCUT2D eigenvalue weighted by Gasteiger charge is 2.28. The van der Waals surface area contributed by atoms with Gasteiger partial charge in [0.2, 0.25) is 0 Å². The Kier molecular flexibility index (Phi) is 10.6. The first-order valence-electron chi connectivity index (χ1n) is 13.7. The van der Waals surface area contributed by atoms with Gasteiger partial charge < -0.3 is 15.2 Å². The van der Waals surface area contributed by atoms with Crippen LogP contribution in [0.5, 0.6) is 0 Å². The maximum Gasteiger partial charge on any atom is 0.326 e. The molecule has 38 heavy (non-hydrogen) atoms. The van der Waals surface area contributed by atoms with Crippen molar-refractivity contribution >= 4 is 23.6 Å². The van der Waals surface area contributed by atoms with Gasteiger partial charge in [0.25, 0.3) is 5.91 Å². The molecule has 2 aromatic carbocycles. The smallest absolute Gasteiger partial charge is 0.326 e. The molecule has 2 aliphatic rings. The molecule has 1 saturated heterocycles. The molecule has 2 fully saturated rings. The number of hydroxylamine groups is 2. The number of carboxylic acids is 1. The van der Waals surface area contributed by atoms with E-state index in [2.05, 4.69) is 5.32 Å². The van der Waals surface area contributed by atoms with Crippen LogP contribution in [0.25, 0.3) is 11.1 Å². The van der Waals surface area contributed by atoms with Gasteiger partial charge in [-0.25, -0.2) is 4.79 Å². The van der Waals surface area contributed by atoms with Crippen LogP contribution in [-0.2, 0) is 20.9 Å². The minimum atomic E-state index is -1.02.